The van der Waals surface area contributed by atoms with Crippen LogP contribution in [0.25, 0.3) is 11.1 Å². The van der Waals surface area contributed by atoms with Gasteiger partial charge in [0.2, 0.25) is 0 Å². The molecule has 0 radical (unpaired) electrons. The third-order valence-electron chi connectivity index (χ3n) is 8.07. The van der Waals surface area contributed by atoms with Gasteiger partial charge in [-0.15, -0.1) is 0 Å². The Hall–Kier alpha value is -3.14. The molecule has 4 aromatic rings. The van der Waals surface area contributed by atoms with Gasteiger partial charge in [-0.3, -0.25) is 0 Å². The van der Waals surface area contributed by atoms with E-state index in [1.54, 1.807) is 24.3 Å². The summed E-state index contributed by atoms with van der Waals surface area (Å²) in [5.74, 6) is 2.24. The van der Waals surface area contributed by atoms with Crippen LogP contribution in [0.2, 0.25) is 0 Å². The van der Waals surface area contributed by atoms with Gasteiger partial charge in [-0.05, 0) is 80.3 Å². The molecule has 0 amide bonds. The number of benzene rings is 4. The molecule has 2 N–H and O–H groups in total. The standard InChI is InChI=1S/C40H52O6P2/c1-37(2,3)29-17-23-35(33(25-29)39(7,8)9)45-47(41)43-31-19-13-27(14-20-31)28-15-21-32(22-16-28)44-48(42)46-36-24-18-30(38(4,5)6)26-34(36)40(10,11)12/h13-26,41-42H,1-12H3. The van der Waals surface area contributed by atoms with E-state index in [1.807, 2.05) is 48.5 Å². The molecule has 0 spiro atoms. The van der Waals surface area contributed by atoms with Gasteiger partial charge in [-0.1, -0.05) is 132 Å². The Kier molecular flexibility index (Phi) is 11.3. The van der Waals surface area contributed by atoms with Gasteiger partial charge in [-0.25, -0.2) is 0 Å². The SMILES string of the molecule is CC(C)(C)c1ccc(OP(O)Oc2ccc(-c3ccc(OP(O)Oc4ccc(C(C)(C)C)cc4C(C)(C)C)cc3)cc2)c(C(C)(C)C)c1. The van der Waals surface area contributed by atoms with Crippen molar-refractivity contribution in [1.82, 2.24) is 0 Å². The Morgan fingerprint density at radius 2 is 0.708 bits per heavy atom. The molecule has 0 fully saturated rings. The quantitative estimate of drug-likeness (QED) is 0.170. The van der Waals surface area contributed by atoms with Gasteiger partial charge >= 0.3 is 17.2 Å². The molecule has 4 rings (SSSR count). The highest BCUT2D eigenvalue weighted by Gasteiger charge is 2.27. The third-order valence-corrected chi connectivity index (χ3v) is 9.51. The van der Waals surface area contributed by atoms with E-state index in [0.717, 1.165) is 22.3 Å². The fraction of sp³-hybridized carbons (Fsp3) is 0.400. The molecule has 0 aromatic heterocycles. The average molecular weight is 691 g/mol. The van der Waals surface area contributed by atoms with Crippen LogP contribution in [0, 0.1) is 0 Å². The van der Waals surface area contributed by atoms with Crippen molar-refractivity contribution in [1.29, 1.82) is 0 Å². The van der Waals surface area contributed by atoms with E-state index < -0.39 is 17.2 Å². The maximum absolute atomic E-state index is 10.7. The molecule has 0 aliphatic rings. The molecule has 0 aliphatic carbocycles. The van der Waals surface area contributed by atoms with Crippen molar-refractivity contribution in [2.45, 2.75) is 105 Å². The topological polar surface area (TPSA) is 77.4 Å². The van der Waals surface area contributed by atoms with E-state index in [0.29, 0.717) is 23.0 Å². The first-order chi connectivity index (χ1) is 22.1. The summed E-state index contributed by atoms with van der Waals surface area (Å²) in [5, 5.41) is 0. The van der Waals surface area contributed by atoms with E-state index in [2.05, 4.69) is 95.2 Å². The van der Waals surface area contributed by atoms with Crippen molar-refractivity contribution in [2.24, 2.45) is 0 Å². The Morgan fingerprint density at radius 3 is 0.979 bits per heavy atom. The maximum atomic E-state index is 10.7. The van der Waals surface area contributed by atoms with Crippen molar-refractivity contribution in [3.05, 3.63) is 107 Å². The van der Waals surface area contributed by atoms with Crippen LogP contribution < -0.4 is 18.1 Å². The second kappa shape index (κ2) is 14.4. The molecule has 0 saturated carbocycles. The third kappa shape index (κ3) is 9.95. The van der Waals surface area contributed by atoms with Crippen molar-refractivity contribution < 1.29 is 27.9 Å². The number of rotatable bonds is 9. The molecule has 4 aromatic carbocycles. The van der Waals surface area contributed by atoms with Crippen LogP contribution in [-0.4, -0.2) is 9.79 Å². The van der Waals surface area contributed by atoms with Gasteiger partial charge in [0.25, 0.3) is 0 Å². The van der Waals surface area contributed by atoms with Crippen LogP contribution in [0.1, 0.15) is 105 Å². The number of hydrogen-bond donors (Lipinski definition) is 2. The van der Waals surface area contributed by atoms with Crippen LogP contribution >= 0.6 is 17.2 Å². The summed E-state index contributed by atoms with van der Waals surface area (Å²) in [4.78, 5) is 21.5. The minimum Gasteiger partial charge on any atom is -0.418 e. The Balaban J connectivity index is 1.39. The van der Waals surface area contributed by atoms with Gasteiger partial charge in [-0.2, -0.15) is 0 Å². The first-order valence-electron chi connectivity index (χ1n) is 16.3. The average Bonchev–Trinajstić information content (AvgIpc) is 2.96. The Labute approximate surface area is 290 Å². The lowest BCUT2D eigenvalue weighted by atomic mass is 9.80. The summed E-state index contributed by atoms with van der Waals surface area (Å²) in [6, 6.07) is 27.2. The van der Waals surface area contributed by atoms with Gasteiger partial charge in [0, 0.05) is 11.1 Å². The second-order valence-corrected chi connectivity index (χ2v) is 18.0. The molecule has 2 unspecified atom stereocenters. The zero-order chi connectivity index (χ0) is 35.7. The lowest BCUT2D eigenvalue weighted by molar-refractivity contribution is 0.374. The van der Waals surface area contributed by atoms with Crippen LogP contribution in [-0.2, 0) is 21.7 Å². The summed E-state index contributed by atoms with van der Waals surface area (Å²) in [6.45, 7) is 25.9. The summed E-state index contributed by atoms with van der Waals surface area (Å²) in [6.07, 6.45) is 0. The van der Waals surface area contributed by atoms with Crippen LogP contribution in [0.5, 0.6) is 23.0 Å². The Bertz CT molecular complexity index is 1550. The molecule has 0 aliphatic heterocycles. The molecule has 48 heavy (non-hydrogen) atoms. The molecular weight excluding hydrogens is 638 g/mol. The van der Waals surface area contributed by atoms with Crippen LogP contribution in [0.4, 0.5) is 0 Å². The summed E-state index contributed by atoms with van der Waals surface area (Å²) in [7, 11) is -4.39. The van der Waals surface area contributed by atoms with E-state index in [9.17, 15) is 9.79 Å². The molecule has 8 heteroatoms. The minimum atomic E-state index is -2.20. The highest BCUT2D eigenvalue weighted by molar-refractivity contribution is 7.41. The van der Waals surface area contributed by atoms with Crippen LogP contribution in [0.15, 0.2) is 84.9 Å². The van der Waals surface area contributed by atoms with Gasteiger partial charge < -0.3 is 27.9 Å². The van der Waals surface area contributed by atoms with Crippen LogP contribution in [0.3, 0.4) is 0 Å². The monoisotopic (exact) mass is 690 g/mol. The lowest BCUT2D eigenvalue weighted by Gasteiger charge is -2.27. The first-order valence-corrected chi connectivity index (χ1v) is 18.6. The molecule has 0 saturated heterocycles. The molecule has 0 heterocycles. The summed E-state index contributed by atoms with van der Waals surface area (Å²) in [5.41, 5.74) is 6.04. The molecule has 2 atom stereocenters. The molecule has 6 nitrogen and oxygen atoms in total. The zero-order valence-corrected chi connectivity index (χ0v) is 32.3. The predicted molar refractivity (Wildman–Crippen MR) is 200 cm³/mol. The van der Waals surface area contributed by atoms with E-state index in [4.69, 9.17) is 18.1 Å². The van der Waals surface area contributed by atoms with E-state index in [1.165, 1.54) is 11.1 Å². The second-order valence-electron chi connectivity index (χ2n) is 16.3. The van der Waals surface area contributed by atoms with Crippen molar-refractivity contribution in [2.75, 3.05) is 0 Å². The first kappa shape index (κ1) is 37.7. The fourth-order valence-electron chi connectivity index (χ4n) is 5.13. The highest BCUT2D eigenvalue weighted by atomic mass is 31.2. The summed E-state index contributed by atoms with van der Waals surface area (Å²) >= 11 is 0. The van der Waals surface area contributed by atoms with Gasteiger partial charge in [0.15, 0.2) is 0 Å². The zero-order valence-electron chi connectivity index (χ0n) is 30.5. The number of hydrogen-bond acceptors (Lipinski definition) is 6. The lowest BCUT2D eigenvalue weighted by Crippen LogP contribution is -2.17. The van der Waals surface area contributed by atoms with Crippen molar-refractivity contribution >= 4 is 17.2 Å². The Morgan fingerprint density at radius 1 is 0.396 bits per heavy atom. The molecule has 258 valence electrons. The molecular formula is C40H52O6P2. The van der Waals surface area contributed by atoms with Crippen molar-refractivity contribution in [3.63, 3.8) is 0 Å². The normalized spacial score (nSPS) is 13.9. The van der Waals surface area contributed by atoms with E-state index >= 15 is 0 Å². The van der Waals surface area contributed by atoms with Crippen molar-refractivity contribution in [3.8, 4) is 34.1 Å². The minimum absolute atomic E-state index is 0.000391. The predicted octanol–water partition coefficient (Wildman–Crippen LogP) is 11.9. The summed E-state index contributed by atoms with van der Waals surface area (Å²) < 4.78 is 23.4. The fourth-order valence-corrected chi connectivity index (χ4v) is 6.46. The van der Waals surface area contributed by atoms with Gasteiger partial charge in [0.05, 0.1) is 0 Å². The highest BCUT2D eigenvalue weighted by Crippen LogP contribution is 2.44. The van der Waals surface area contributed by atoms with E-state index in [-0.39, 0.29) is 21.7 Å². The molecule has 0 bridgehead atoms. The smallest absolute Gasteiger partial charge is 0.418 e. The van der Waals surface area contributed by atoms with Gasteiger partial charge in [0.1, 0.15) is 23.0 Å². The maximum Gasteiger partial charge on any atom is 0.460 e. The largest absolute Gasteiger partial charge is 0.460 e.